The summed E-state index contributed by atoms with van der Waals surface area (Å²) in [5, 5.41) is 4.02. The average molecular weight is 341 g/mol. The van der Waals surface area contributed by atoms with Gasteiger partial charge in [-0.25, -0.2) is 0 Å². The summed E-state index contributed by atoms with van der Waals surface area (Å²) in [5.41, 5.74) is 6.80. The van der Waals surface area contributed by atoms with E-state index >= 15 is 0 Å². The van der Waals surface area contributed by atoms with Crippen LogP contribution < -0.4 is 5.73 Å². The van der Waals surface area contributed by atoms with Gasteiger partial charge in [0.2, 0.25) is 11.8 Å². The molecule has 6 nitrogen and oxygen atoms in total. The zero-order valence-corrected chi connectivity index (χ0v) is 14.2. The van der Waals surface area contributed by atoms with Crippen LogP contribution in [0, 0.1) is 5.92 Å². The van der Waals surface area contributed by atoms with Gasteiger partial charge in [0, 0.05) is 31.1 Å². The third kappa shape index (κ3) is 4.68. The lowest BCUT2D eigenvalue weighted by molar-refractivity contribution is -0.132. The van der Waals surface area contributed by atoms with Crippen LogP contribution in [0.4, 0.5) is 0 Å². The molecule has 1 fully saturated rings. The maximum absolute atomic E-state index is 12.5. The fourth-order valence-electron chi connectivity index (χ4n) is 3.27. The van der Waals surface area contributed by atoms with Gasteiger partial charge in [0.05, 0.1) is 12.1 Å². The van der Waals surface area contributed by atoms with E-state index in [2.05, 4.69) is 5.16 Å². The number of carbonyl (C=O) groups excluding carboxylic acids is 2. The van der Waals surface area contributed by atoms with Crippen molar-refractivity contribution in [3.8, 4) is 11.3 Å². The first kappa shape index (κ1) is 17.2. The van der Waals surface area contributed by atoms with Crippen LogP contribution in [-0.4, -0.2) is 35.0 Å². The molecule has 25 heavy (non-hydrogen) atoms. The number of hydrogen-bond acceptors (Lipinski definition) is 4. The molecule has 1 aromatic heterocycles. The molecular formula is C19H23N3O3. The van der Waals surface area contributed by atoms with E-state index in [1.54, 1.807) is 0 Å². The van der Waals surface area contributed by atoms with Crippen molar-refractivity contribution in [1.29, 1.82) is 0 Å². The smallest absolute Gasteiger partial charge is 0.228 e. The Bertz CT molecular complexity index is 727. The Balaban J connectivity index is 1.57. The maximum atomic E-state index is 12.5. The molecule has 0 radical (unpaired) electrons. The second kappa shape index (κ2) is 7.96. The van der Waals surface area contributed by atoms with Gasteiger partial charge in [-0.2, -0.15) is 0 Å². The molecule has 0 unspecified atom stereocenters. The number of nitrogens with two attached hydrogens (primary N) is 1. The number of aromatic nitrogens is 1. The van der Waals surface area contributed by atoms with Gasteiger partial charge >= 0.3 is 0 Å². The van der Waals surface area contributed by atoms with Crippen molar-refractivity contribution in [1.82, 2.24) is 10.1 Å². The summed E-state index contributed by atoms with van der Waals surface area (Å²) in [6, 6.07) is 11.5. The Morgan fingerprint density at radius 1 is 1.28 bits per heavy atom. The monoisotopic (exact) mass is 341 g/mol. The minimum Gasteiger partial charge on any atom is -0.370 e. The SMILES string of the molecule is NC(=O)CC[C@@H]1CCCN(C(=O)Cc2cc(-c3ccccc3)on2)C1. The molecule has 0 aliphatic carbocycles. The van der Waals surface area contributed by atoms with Crippen molar-refractivity contribution < 1.29 is 14.1 Å². The first-order valence-electron chi connectivity index (χ1n) is 8.69. The first-order valence-corrected chi connectivity index (χ1v) is 8.69. The molecule has 0 bridgehead atoms. The summed E-state index contributed by atoms with van der Waals surface area (Å²) in [6.07, 6.45) is 3.37. The number of primary amides is 1. The summed E-state index contributed by atoms with van der Waals surface area (Å²) < 4.78 is 5.35. The predicted octanol–water partition coefficient (Wildman–Crippen LogP) is 2.39. The number of nitrogens with zero attached hydrogens (tertiary/aromatic N) is 2. The topological polar surface area (TPSA) is 89.4 Å². The van der Waals surface area contributed by atoms with Crippen molar-refractivity contribution in [2.24, 2.45) is 11.7 Å². The normalized spacial score (nSPS) is 17.4. The molecule has 1 aliphatic rings. The van der Waals surface area contributed by atoms with Gasteiger partial charge in [-0.05, 0) is 25.2 Å². The summed E-state index contributed by atoms with van der Waals surface area (Å²) >= 11 is 0. The van der Waals surface area contributed by atoms with Crippen LogP contribution >= 0.6 is 0 Å². The van der Waals surface area contributed by atoms with Gasteiger partial charge in [-0.3, -0.25) is 9.59 Å². The van der Waals surface area contributed by atoms with Crippen molar-refractivity contribution in [2.75, 3.05) is 13.1 Å². The van der Waals surface area contributed by atoms with Crippen molar-refractivity contribution >= 4 is 11.8 Å². The quantitative estimate of drug-likeness (QED) is 0.873. The van der Waals surface area contributed by atoms with Crippen LogP contribution in [0.1, 0.15) is 31.4 Å². The van der Waals surface area contributed by atoms with Crippen molar-refractivity contribution in [3.05, 3.63) is 42.1 Å². The van der Waals surface area contributed by atoms with Crippen LogP contribution in [0.3, 0.4) is 0 Å². The third-order valence-corrected chi connectivity index (χ3v) is 4.62. The molecule has 1 saturated heterocycles. The first-order chi connectivity index (χ1) is 12.1. The molecule has 132 valence electrons. The Morgan fingerprint density at radius 3 is 2.84 bits per heavy atom. The maximum Gasteiger partial charge on any atom is 0.228 e. The number of piperidine rings is 1. The summed E-state index contributed by atoms with van der Waals surface area (Å²) in [6.45, 7) is 1.45. The van der Waals surface area contributed by atoms with Gasteiger partial charge in [0.15, 0.2) is 5.76 Å². The Hall–Kier alpha value is -2.63. The molecule has 0 spiro atoms. The third-order valence-electron chi connectivity index (χ3n) is 4.62. The van der Waals surface area contributed by atoms with E-state index in [1.807, 2.05) is 41.3 Å². The van der Waals surface area contributed by atoms with Crippen LogP contribution in [0.15, 0.2) is 40.9 Å². The number of rotatable bonds is 6. The summed E-state index contributed by atoms with van der Waals surface area (Å²) in [4.78, 5) is 25.4. The second-order valence-corrected chi connectivity index (χ2v) is 6.58. The largest absolute Gasteiger partial charge is 0.370 e. The zero-order chi connectivity index (χ0) is 17.6. The minimum atomic E-state index is -0.278. The molecule has 3 rings (SSSR count). The highest BCUT2D eigenvalue weighted by Crippen LogP contribution is 2.23. The van der Waals surface area contributed by atoms with Crippen LogP contribution in [0.5, 0.6) is 0 Å². The Labute approximate surface area is 147 Å². The van der Waals surface area contributed by atoms with Gasteiger partial charge in [-0.15, -0.1) is 0 Å². The van der Waals surface area contributed by atoms with Crippen molar-refractivity contribution in [2.45, 2.75) is 32.1 Å². The number of hydrogen-bond donors (Lipinski definition) is 1. The molecule has 2 heterocycles. The highest BCUT2D eigenvalue weighted by molar-refractivity contribution is 5.79. The standard InChI is InChI=1S/C19H23N3O3/c20-18(23)9-8-14-5-4-10-22(13-14)19(24)12-16-11-17(25-21-16)15-6-2-1-3-7-15/h1-3,6-7,11,14H,4-5,8-10,12-13H2,(H2,20,23)/t14-/m0/s1. The molecule has 1 aromatic carbocycles. The number of carbonyl (C=O) groups is 2. The fourth-order valence-corrected chi connectivity index (χ4v) is 3.27. The van der Waals surface area contributed by atoms with E-state index in [1.165, 1.54) is 0 Å². The fraction of sp³-hybridized carbons (Fsp3) is 0.421. The van der Waals surface area contributed by atoms with Gasteiger partial charge < -0.3 is 15.2 Å². The van der Waals surface area contributed by atoms with E-state index in [0.29, 0.717) is 30.3 Å². The van der Waals surface area contributed by atoms with Crippen LogP contribution in [0.2, 0.25) is 0 Å². The van der Waals surface area contributed by atoms with Gasteiger partial charge in [-0.1, -0.05) is 35.5 Å². The predicted molar refractivity (Wildman–Crippen MR) is 93.4 cm³/mol. The zero-order valence-electron chi connectivity index (χ0n) is 14.2. The van der Waals surface area contributed by atoms with E-state index in [0.717, 1.165) is 31.4 Å². The van der Waals surface area contributed by atoms with E-state index < -0.39 is 0 Å². The molecule has 6 heteroatoms. The molecule has 2 amide bonds. The molecule has 1 aliphatic heterocycles. The second-order valence-electron chi connectivity index (χ2n) is 6.58. The summed E-state index contributed by atoms with van der Waals surface area (Å²) in [7, 11) is 0. The lowest BCUT2D eigenvalue weighted by atomic mass is 9.93. The minimum absolute atomic E-state index is 0.0525. The van der Waals surface area contributed by atoms with E-state index in [4.69, 9.17) is 10.3 Å². The molecule has 1 atom stereocenters. The lowest BCUT2D eigenvalue weighted by Crippen LogP contribution is -2.41. The van der Waals surface area contributed by atoms with E-state index in [-0.39, 0.29) is 18.2 Å². The van der Waals surface area contributed by atoms with Crippen LogP contribution in [-0.2, 0) is 16.0 Å². The van der Waals surface area contributed by atoms with Crippen molar-refractivity contribution in [3.63, 3.8) is 0 Å². The molecule has 2 N–H and O–H groups in total. The lowest BCUT2D eigenvalue weighted by Gasteiger charge is -2.32. The highest BCUT2D eigenvalue weighted by Gasteiger charge is 2.24. The molecular weight excluding hydrogens is 318 g/mol. The molecule has 2 aromatic rings. The van der Waals surface area contributed by atoms with Crippen LogP contribution in [0.25, 0.3) is 11.3 Å². The average Bonchev–Trinajstić information content (AvgIpc) is 3.09. The van der Waals surface area contributed by atoms with E-state index in [9.17, 15) is 9.59 Å². The number of likely N-dealkylation sites (tertiary alicyclic amines) is 1. The van der Waals surface area contributed by atoms with Gasteiger partial charge in [0.1, 0.15) is 0 Å². The Kier molecular flexibility index (Phi) is 5.48. The number of amides is 2. The molecule has 0 saturated carbocycles. The summed E-state index contributed by atoms with van der Waals surface area (Å²) in [5.74, 6) is 0.792. The number of benzene rings is 1. The van der Waals surface area contributed by atoms with Gasteiger partial charge in [0.25, 0.3) is 0 Å². The Morgan fingerprint density at radius 2 is 2.08 bits per heavy atom. The highest BCUT2D eigenvalue weighted by atomic mass is 16.5.